The van der Waals surface area contributed by atoms with Crippen molar-refractivity contribution in [2.24, 2.45) is 0 Å². The van der Waals surface area contributed by atoms with Gasteiger partial charge in [-0.3, -0.25) is 4.79 Å². The van der Waals surface area contributed by atoms with Gasteiger partial charge in [0.25, 0.3) is 0 Å². The van der Waals surface area contributed by atoms with Crippen molar-refractivity contribution in [1.29, 1.82) is 0 Å². The number of carbonyl (C=O) groups excluding carboxylic acids is 1. The van der Waals surface area contributed by atoms with Crippen molar-refractivity contribution < 1.29 is 13.6 Å². The number of benzene rings is 1. The van der Waals surface area contributed by atoms with Gasteiger partial charge in [0, 0.05) is 17.8 Å². The Morgan fingerprint density at radius 2 is 2.00 bits per heavy atom. The number of nitrogens with zero attached hydrogens (tertiary/aromatic N) is 3. The van der Waals surface area contributed by atoms with Crippen LogP contribution in [0.3, 0.4) is 0 Å². The summed E-state index contributed by atoms with van der Waals surface area (Å²) in [4.78, 5) is 12.1. The number of anilines is 1. The molecule has 0 atom stereocenters. The number of amides is 1. The molecule has 1 N–H and O–H groups in total. The van der Waals surface area contributed by atoms with E-state index in [2.05, 4.69) is 20.1 Å². The Balaban J connectivity index is 1.61. The van der Waals surface area contributed by atoms with Crippen LogP contribution in [0.5, 0.6) is 0 Å². The zero-order chi connectivity index (χ0) is 17.8. The zero-order valence-electron chi connectivity index (χ0n) is 14.0. The summed E-state index contributed by atoms with van der Waals surface area (Å²) in [5.74, 6) is -1.24. The highest BCUT2D eigenvalue weighted by molar-refractivity contribution is 7.99. The molecule has 1 heterocycles. The lowest BCUT2D eigenvalue weighted by atomic mass is 9.95. The third kappa shape index (κ3) is 4.36. The van der Waals surface area contributed by atoms with Crippen LogP contribution < -0.4 is 5.32 Å². The fourth-order valence-electron chi connectivity index (χ4n) is 3.11. The molecule has 0 aliphatic heterocycles. The molecule has 1 amide bonds. The maximum atomic E-state index is 13.2. The third-order valence-corrected chi connectivity index (χ3v) is 5.25. The number of hydrogen-bond donors (Lipinski definition) is 1. The van der Waals surface area contributed by atoms with Gasteiger partial charge in [0.1, 0.15) is 5.82 Å². The van der Waals surface area contributed by atoms with E-state index in [1.165, 1.54) is 37.1 Å². The highest BCUT2D eigenvalue weighted by Gasteiger charge is 2.21. The van der Waals surface area contributed by atoms with Crippen LogP contribution in [0.1, 0.15) is 44.0 Å². The molecular formula is C17H20F2N4OS. The Morgan fingerprint density at radius 3 is 2.72 bits per heavy atom. The predicted octanol–water partition coefficient (Wildman–Crippen LogP) is 4.10. The molecule has 0 unspecified atom stereocenters. The van der Waals surface area contributed by atoms with E-state index >= 15 is 0 Å². The maximum Gasteiger partial charge on any atom is 0.234 e. The molecule has 2 aromatic rings. The number of aromatic nitrogens is 3. The van der Waals surface area contributed by atoms with Crippen LogP contribution in [0.2, 0.25) is 0 Å². The van der Waals surface area contributed by atoms with E-state index in [4.69, 9.17) is 0 Å². The van der Waals surface area contributed by atoms with Gasteiger partial charge in [0.15, 0.2) is 16.8 Å². The van der Waals surface area contributed by atoms with Crippen LogP contribution >= 0.6 is 11.8 Å². The zero-order valence-corrected chi connectivity index (χ0v) is 14.8. The Morgan fingerprint density at radius 1 is 1.24 bits per heavy atom. The maximum absolute atomic E-state index is 13.2. The highest BCUT2D eigenvalue weighted by Crippen LogP contribution is 2.32. The van der Waals surface area contributed by atoms with Gasteiger partial charge in [-0.1, -0.05) is 31.0 Å². The molecule has 25 heavy (non-hydrogen) atoms. The molecule has 1 aromatic carbocycles. The largest absolute Gasteiger partial charge is 0.325 e. The fourth-order valence-corrected chi connectivity index (χ4v) is 3.96. The van der Waals surface area contributed by atoms with Crippen LogP contribution in [0.15, 0.2) is 23.4 Å². The second-order valence-corrected chi connectivity index (χ2v) is 7.10. The normalized spacial score (nSPS) is 15.3. The van der Waals surface area contributed by atoms with Crippen molar-refractivity contribution in [2.75, 3.05) is 11.1 Å². The molecule has 0 bridgehead atoms. The molecule has 1 aliphatic carbocycles. The minimum absolute atomic E-state index is 0.129. The lowest BCUT2D eigenvalue weighted by Gasteiger charge is -2.24. The average molecular weight is 366 g/mol. The molecule has 8 heteroatoms. The van der Waals surface area contributed by atoms with E-state index in [0.717, 1.165) is 36.0 Å². The molecule has 5 nitrogen and oxygen atoms in total. The van der Waals surface area contributed by atoms with Gasteiger partial charge in [-0.05, 0) is 31.9 Å². The van der Waals surface area contributed by atoms with E-state index in [0.29, 0.717) is 6.04 Å². The first-order valence-electron chi connectivity index (χ1n) is 8.34. The second kappa shape index (κ2) is 7.95. The van der Waals surface area contributed by atoms with Crippen molar-refractivity contribution in [1.82, 2.24) is 14.8 Å². The van der Waals surface area contributed by atoms with Crippen LogP contribution in [-0.4, -0.2) is 26.4 Å². The first kappa shape index (κ1) is 17.8. The lowest BCUT2D eigenvalue weighted by Crippen LogP contribution is -2.17. The van der Waals surface area contributed by atoms with Crippen molar-refractivity contribution in [3.63, 3.8) is 0 Å². The predicted molar refractivity (Wildman–Crippen MR) is 92.6 cm³/mol. The average Bonchev–Trinajstić information content (AvgIpc) is 2.98. The van der Waals surface area contributed by atoms with E-state index < -0.39 is 11.6 Å². The highest BCUT2D eigenvalue weighted by atomic mass is 32.2. The van der Waals surface area contributed by atoms with Gasteiger partial charge in [0.2, 0.25) is 5.91 Å². The summed E-state index contributed by atoms with van der Waals surface area (Å²) in [6, 6.07) is 3.67. The topological polar surface area (TPSA) is 59.8 Å². The number of carbonyl (C=O) groups is 1. The Bertz CT molecular complexity index is 759. The molecule has 1 fully saturated rings. The first-order chi connectivity index (χ1) is 12.0. The summed E-state index contributed by atoms with van der Waals surface area (Å²) in [6.45, 7) is 1.92. The lowest BCUT2D eigenvalue weighted by molar-refractivity contribution is -0.113. The molecule has 0 radical (unpaired) electrons. The molecule has 0 spiro atoms. The number of halogens is 2. The second-order valence-electron chi connectivity index (χ2n) is 6.16. The monoisotopic (exact) mass is 366 g/mol. The SMILES string of the molecule is Cc1nnc(SCC(=O)Nc2ccc(F)c(F)c2)n1C1CCCCC1. The minimum atomic E-state index is -0.988. The van der Waals surface area contributed by atoms with Gasteiger partial charge in [-0.25, -0.2) is 8.78 Å². The van der Waals surface area contributed by atoms with Crippen LogP contribution in [0, 0.1) is 18.6 Å². The van der Waals surface area contributed by atoms with Crippen molar-refractivity contribution in [3.05, 3.63) is 35.7 Å². The smallest absolute Gasteiger partial charge is 0.234 e. The van der Waals surface area contributed by atoms with Gasteiger partial charge >= 0.3 is 0 Å². The fraction of sp³-hybridized carbons (Fsp3) is 0.471. The Hall–Kier alpha value is -1.96. The quantitative estimate of drug-likeness (QED) is 0.810. The molecule has 1 saturated carbocycles. The van der Waals surface area contributed by atoms with Gasteiger partial charge in [-0.15, -0.1) is 10.2 Å². The summed E-state index contributed by atoms with van der Waals surface area (Å²) in [7, 11) is 0. The Kier molecular flexibility index (Phi) is 5.67. The molecular weight excluding hydrogens is 346 g/mol. The standard InChI is InChI=1S/C17H20F2N4OS/c1-11-21-22-17(23(11)13-5-3-2-4-6-13)25-10-16(24)20-12-7-8-14(18)15(19)9-12/h7-9,13H,2-6,10H2,1H3,(H,20,24). The van der Waals surface area contributed by atoms with Crippen molar-refractivity contribution in [3.8, 4) is 0 Å². The van der Waals surface area contributed by atoms with E-state index in [1.54, 1.807) is 0 Å². The van der Waals surface area contributed by atoms with Crippen molar-refractivity contribution >= 4 is 23.4 Å². The first-order valence-corrected chi connectivity index (χ1v) is 9.32. The number of aryl methyl sites for hydroxylation is 1. The van der Waals surface area contributed by atoms with Gasteiger partial charge in [0.05, 0.1) is 5.75 Å². The van der Waals surface area contributed by atoms with Gasteiger partial charge in [-0.2, -0.15) is 0 Å². The summed E-state index contributed by atoms with van der Waals surface area (Å²) < 4.78 is 28.2. The Labute approximate surface area is 149 Å². The summed E-state index contributed by atoms with van der Waals surface area (Å²) in [5.41, 5.74) is 0.231. The van der Waals surface area contributed by atoms with Crippen LogP contribution in [0.25, 0.3) is 0 Å². The molecule has 134 valence electrons. The van der Waals surface area contributed by atoms with E-state index in [9.17, 15) is 13.6 Å². The van der Waals surface area contributed by atoms with Gasteiger partial charge < -0.3 is 9.88 Å². The van der Waals surface area contributed by atoms with E-state index in [-0.39, 0.29) is 17.3 Å². The number of hydrogen-bond acceptors (Lipinski definition) is 4. The third-order valence-electron chi connectivity index (χ3n) is 4.31. The van der Waals surface area contributed by atoms with E-state index in [1.807, 2.05) is 6.92 Å². The van der Waals surface area contributed by atoms with Crippen LogP contribution in [-0.2, 0) is 4.79 Å². The summed E-state index contributed by atoms with van der Waals surface area (Å²) in [5, 5.41) is 11.6. The van der Waals surface area contributed by atoms with Crippen molar-refractivity contribution in [2.45, 2.75) is 50.2 Å². The molecule has 0 saturated heterocycles. The summed E-state index contributed by atoms with van der Waals surface area (Å²) in [6.07, 6.45) is 5.86. The number of nitrogens with one attached hydrogen (secondary N) is 1. The number of thioether (sulfide) groups is 1. The molecule has 1 aliphatic rings. The van der Waals surface area contributed by atoms with Crippen LogP contribution in [0.4, 0.5) is 14.5 Å². The molecule has 1 aromatic heterocycles. The molecule has 3 rings (SSSR count). The summed E-state index contributed by atoms with van der Waals surface area (Å²) >= 11 is 1.31. The minimum Gasteiger partial charge on any atom is -0.325 e. The number of rotatable bonds is 5.